The maximum Gasteiger partial charge on any atom is 0.237 e. The summed E-state index contributed by atoms with van der Waals surface area (Å²) in [7, 11) is 1.94. The molecule has 0 fully saturated rings. The molecule has 0 aliphatic rings. The molecule has 0 aliphatic carbocycles. The minimum atomic E-state index is -0.571. The summed E-state index contributed by atoms with van der Waals surface area (Å²) in [6, 6.07) is 7.87. The SMILES string of the molecule is CCC(C#N)C(=O)NCc1ccc2c(c1)ncn2C. The molecule has 98 valence electrons. The molecule has 1 N–H and O–H groups in total. The third-order valence-electron chi connectivity index (χ3n) is 3.14. The van der Waals surface area contributed by atoms with Crippen LogP contribution in [0.1, 0.15) is 18.9 Å². The summed E-state index contributed by atoms with van der Waals surface area (Å²) in [5, 5.41) is 11.6. The molecule has 0 spiro atoms. The highest BCUT2D eigenvalue weighted by Gasteiger charge is 2.14. The van der Waals surface area contributed by atoms with Crippen LogP contribution in [0.25, 0.3) is 11.0 Å². The number of amides is 1. The second kappa shape index (κ2) is 5.53. The van der Waals surface area contributed by atoms with Gasteiger partial charge in [0.05, 0.1) is 23.4 Å². The van der Waals surface area contributed by atoms with Crippen molar-refractivity contribution in [3.63, 3.8) is 0 Å². The van der Waals surface area contributed by atoms with Crippen LogP contribution in [0.3, 0.4) is 0 Å². The van der Waals surface area contributed by atoms with E-state index < -0.39 is 5.92 Å². The van der Waals surface area contributed by atoms with Crippen molar-refractivity contribution in [1.82, 2.24) is 14.9 Å². The highest BCUT2D eigenvalue weighted by atomic mass is 16.1. The van der Waals surface area contributed by atoms with Crippen LogP contribution in [0.4, 0.5) is 0 Å². The van der Waals surface area contributed by atoms with Gasteiger partial charge >= 0.3 is 0 Å². The molecule has 1 aromatic heterocycles. The number of benzene rings is 1. The molecule has 2 rings (SSSR count). The Bertz CT molecular complexity index is 638. The van der Waals surface area contributed by atoms with E-state index in [2.05, 4.69) is 10.3 Å². The summed E-state index contributed by atoms with van der Waals surface area (Å²) in [4.78, 5) is 16.0. The zero-order valence-electron chi connectivity index (χ0n) is 11.1. The molecule has 5 heteroatoms. The van der Waals surface area contributed by atoms with Crippen molar-refractivity contribution in [2.45, 2.75) is 19.9 Å². The number of hydrogen-bond donors (Lipinski definition) is 1. The third kappa shape index (κ3) is 2.74. The van der Waals surface area contributed by atoms with E-state index in [-0.39, 0.29) is 5.91 Å². The number of fused-ring (bicyclic) bond motifs is 1. The standard InChI is InChI=1S/C14H16N4O/c1-3-11(7-15)14(19)16-8-10-4-5-13-12(6-10)17-9-18(13)2/h4-6,9,11H,3,8H2,1-2H3,(H,16,19). The van der Waals surface area contributed by atoms with E-state index >= 15 is 0 Å². The summed E-state index contributed by atoms with van der Waals surface area (Å²) < 4.78 is 1.94. The first-order chi connectivity index (χ1) is 9.15. The normalized spacial score (nSPS) is 12.1. The maximum absolute atomic E-state index is 11.7. The van der Waals surface area contributed by atoms with E-state index in [1.165, 1.54) is 0 Å². The lowest BCUT2D eigenvalue weighted by molar-refractivity contribution is -0.123. The molecule has 0 aliphatic heterocycles. The average molecular weight is 256 g/mol. The number of nitrogens with zero attached hydrogens (tertiary/aromatic N) is 3. The number of carbonyl (C=O) groups excluding carboxylic acids is 1. The fourth-order valence-electron chi connectivity index (χ4n) is 1.94. The first kappa shape index (κ1) is 13.1. The molecule has 0 radical (unpaired) electrons. The van der Waals surface area contributed by atoms with Crippen LogP contribution in [-0.2, 0) is 18.4 Å². The van der Waals surface area contributed by atoms with Gasteiger partial charge in [-0.05, 0) is 24.1 Å². The number of aryl methyl sites for hydroxylation is 1. The molecular formula is C14H16N4O. The van der Waals surface area contributed by atoms with E-state index in [1.807, 2.05) is 42.8 Å². The van der Waals surface area contributed by atoms with Crippen molar-refractivity contribution in [2.75, 3.05) is 0 Å². The Labute approximate surface area is 111 Å². The molecule has 0 bridgehead atoms. The molecule has 0 saturated heterocycles. The van der Waals surface area contributed by atoms with Crippen LogP contribution in [0.5, 0.6) is 0 Å². The largest absolute Gasteiger partial charge is 0.351 e. The fraction of sp³-hybridized carbons (Fsp3) is 0.357. The number of carbonyl (C=O) groups is 1. The Morgan fingerprint density at radius 2 is 2.37 bits per heavy atom. The predicted molar refractivity (Wildman–Crippen MR) is 72.0 cm³/mol. The monoisotopic (exact) mass is 256 g/mol. The average Bonchev–Trinajstić information content (AvgIpc) is 2.79. The minimum Gasteiger partial charge on any atom is -0.351 e. The fourth-order valence-corrected chi connectivity index (χ4v) is 1.94. The van der Waals surface area contributed by atoms with Gasteiger partial charge < -0.3 is 9.88 Å². The van der Waals surface area contributed by atoms with Gasteiger partial charge in [-0.2, -0.15) is 5.26 Å². The summed E-state index contributed by atoms with van der Waals surface area (Å²) in [5.74, 6) is -0.787. The number of nitrogens with one attached hydrogen (secondary N) is 1. The molecule has 5 nitrogen and oxygen atoms in total. The van der Waals surface area contributed by atoms with E-state index in [9.17, 15) is 4.79 Å². The highest BCUT2D eigenvalue weighted by molar-refractivity contribution is 5.81. The van der Waals surface area contributed by atoms with Crippen LogP contribution < -0.4 is 5.32 Å². The first-order valence-corrected chi connectivity index (χ1v) is 6.23. The van der Waals surface area contributed by atoms with E-state index in [1.54, 1.807) is 6.33 Å². The molecular weight excluding hydrogens is 240 g/mol. The van der Waals surface area contributed by atoms with Gasteiger partial charge in [0.2, 0.25) is 5.91 Å². The van der Waals surface area contributed by atoms with Crippen molar-refractivity contribution in [2.24, 2.45) is 13.0 Å². The van der Waals surface area contributed by atoms with E-state index in [0.29, 0.717) is 13.0 Å². The lowest BCUT2D eigenvalue weighted by Crippen LogP contribution is -2.29. The number of nitriles is 1. The molecule has 0 saturated carbocycles. The van der Waals surface area contributed by atoms with Gasteiger partial charge in [-0.25, -0.2) is 4.98 Å². The van der Waals surface area contributed by atoms with Crippen LogP contribution in [0.15, 0.2) is 24.5 Å². The lowest BCUT2D eigenvalue weighted by Gasteiger charge is -2.08. The van der Waals surface area contributed by atoms with Crippen molar-refractivity contribution < 1.29 is 4.79 Å². The Balaban J connectivity index is 2.06. The quantitative estimate of drug-likeness (QED) is 0.905. The highest BCUT2D eigenvalue weighted by Crippen LogP contribution is 2.13. The molecule has 1 amide bonds. The zero-order valence-corrected chi connectivity index (χ0v) is 11.1. The van der Waals surface area contributed by atoms with Crippen molar-refractivity contribution in [1.29, 1.82) is 5.26 Å². The van der Waals surface area contributed by atoms with Crippen molar-refractivity contribution in [3.05, 3.63) is 30.1 Å². The number of aromatic nitrogens is 2. The van der Waals surface area contributed by atoms with Crippen LogP contribution in [0, 0.1) is 17.2 Å². The van der Waals surface area contributed by atoms with E-state index in [0.717, 1.165) is 16.6 Å². The minimum absolute atomic E-state index is 0.217. The van der Waals surface area contributed by atoms with Crippen molar-refractivity contribution >= 4 is 16.9 Å². The molecule has 1 atom stereocenters. The molecule has 1 heterocycles. The summed E-state index contributed by atoms with van der Waals surface area (Å²) in [5.41, 5.74) is 2.94. The van der Waals surface area contributed by atoms with Gasteiger partial charge in [-0.3, -0.25) is 4.79 Å². The van der Waals surface area contributed by atoms with Gasteiger partial charge in [0.1, 0.15) is 5.92 Å². The predicted octanol–water partition coefficient (Wildman–Crippen LogP) is 1.74. The number of hydrogen-bond acceptors (Lipinski definition) is 3. The Hall–Kier alpha value is -2.35. The Morgan fingerprint density at radius 3 is 3.05 bits per heavy atom. The second-order valence-electron chi connectivity index (χ2n) is 4.49. The first-order valence-electron chi connectivity index (χ1n) is 6.23. The van der Waals surface area contributed by atoms with Crippen LogP contribution >= 0.6 is 0 Å². The summed E-state index contributed by atoms with van der Waals surface area (Å²) in [6.45, 7) is 2.25. The van der Waals surface area contributed by atoms with E-state index in [4.69, 9.17) is 5.26 Å². The van der Waals surface area contributed by atoms with Crippen LogP contribution in [0.2, 0.25) is 0 Å². The zero-order chi connectivity index (χ0) is 13.8. The van der Waals surface area contributed by atoms with Gasteiger partial charge in [0.25, 0.3) is 0 Å². The van der Waals surface area contributed by atoms with Gasteiger partial charge in [0.15, 0.2) is 0 Å². The molecule has 1 aromatic carbocycles. The topological polar surface area (TPSA) is 70.7 Å². The Kier molecular flexibility index (Phi) is 3.81. The summed E-state index contributed by atoms with van der Waals surface area (Å²) in [6.07, 6.45) is 2.29. The second-order valence-corrected chi connectivity index (χ2v) is 4.49. The molecule has 1 unspecified atom stereocenters. The van der Waals surface area contributed by atoms with Gasteiger partial charge in [-0.15, -0.1) is 0 Å². The Morgan fingerprint density at radius 1 is 1.58 bits per heavy atom. The number of rotatable bonds is 4. The van der Waals surface area contributed by atoms with Gasteiger partial charge in [-0.1, -0.05) is 13.0 Å². The van der Waals surface area contributed by atoms with Crippen molar-refractivity contribution in [3.8, 4) is 6.07 Å². The van der Waals surface area contributed by atoms with Gasteiger partial charge in [0, 0.05) is 13.6 Å². The summed E-state index contributed by atoms with van der Waals surface area (Å²) >= 11 is 0. The smallest absolute Gasteiger partial charge is 0.237 e. The molecule has 19 heavy (non-hydrogen) atoms. The third-order valence-corrected chi connectivity index (χ3v) is 3.14. The molecule has 2 aromatic rings. The lowest BCUT2D eigenvalue weighted by atomic mass is 10.1. The van der Waals surface area contributed by atoms with Crippen LogP contribution in [-0.4, -0.2) is 15.5 Å². The number of imidazole rings is 1. The maximum atomic E-state index is 11.7.